The molecule has 1 aliphatic rings. The number of aryl methyl sites for hydroxylation is 1. The first-order chi connectivity index (χ1) is 9.13. The number of carbonyl (C=O) groups excluding carboxylic acids is 1. The second-order valence-corrected chi connectivity index (χ2v) is 5.33. The van der Waals surface area contributed by atoms with Crippen molar-refractivity contribution in [1.29, 1.82) is 0 Å². The van der Waals surface area contributed by atoms with Crippen LogP contribution in [0.25, 0.3) is 0 Å². The molecule has 2 rings (SSSR count). The molecule has 1 amide bonds. The summed E-state index contributed by atoms with van der Waals surface area (Å²) in [6.07, 6.45) is 7.68. The van der Waals surface area contributed by atoms with Crippen molar-refractivity contribution in [1.82, 2.24) is 9.88 Å². The average molecular weight is 261 g/mol. The summed E-state index contributed by atoms with van der Waals surface area (Å²) in [4.78, 5) is 18.7. The van der Waals surface area contributed by atoms with E-state index in [0.29, 0.717) is 11.6 Å². The summed E-state index contributed by atoms with van der Waals surface area (Å²) in [7, 11) is 3.75. The molecule has 1 fully saturated rings. The van der Waals surface area contributed by atoms with Crippen molar-refractivity contribution in [3.63, 3.8) is 0 Å². The summed E-state index contributed by atoms with van der Waals surface area (Å²) in [5.74, 6) is 0.0729. The summed E-state index contributed by atoms with van der Waals surface area (Å²) in [6.45, 7) is 1.93. The molecule has 1 heterocycles. The van der Waals surface area contributed by atoms with Crippen LogP contribution in [0.1, 0.15) is 48.2 Å². The van der Waals surface area contributed by atoms with E-state index in [2.05, 4.69) is 10.3 Å². The smallest absolute Gasteiger partial charge is 0.257 e. The Balaban J connectivity index is 2.18. The van der Waals surface area contributed by atoms with Gasteiger partial charge in [-0.15, -0.1) is 0 Å². The van der Waals surface area contributed by atoms with Crippen molar-refractivity contribution in [3.8, 4) is 0 Å². The Bertz CT molecular complexity index is 453. The van der Waals surface area contributed by atoms with Gasteiger partial charge in [-0.3, -0.25) is 9.78 Å². The lowest BCUT2D eigenvalue weighted by molar-refractivity contribution is 0.0697. The molecule has 4 nitrogen and oxygen atoms in total. The number of pyridine rings is 1. The third-order valence-electron chi connectivity index (χ3n) is 3.98. The Morgan fingerprint density at radius 1 is 1.37 bits per heavy atom. The van der Waals surface area contributed by atoms with Crippen molar-refractivity contribution in [2.24, 2.45) is 0 Å². The number of nitrogens with one attached hydrogen (secondary N) is 1. The number of carbonyl (C=O) groups is 1. The van der Waals surface area contributed by atoms with Gasteiger partial charge in [0.25, 0.3) is 5.91 Å². The van der Waals surface area contributed by atoms with Gasteiger partial charge in [0.05, 0.1) is 11.3 Å². The van der Waals surface area contributed by atoms with Crippen molar-refractivity contribution in [2.75, 3.05) is 19.4 Å². The summed E-state index contributed by atoms with van der Waals surface area (Å²) in [5.41, 5.74) is 2.45. The van der Waals surface area contributed by atoms with E-state index in [9.17, 15) is 4.79 Å². The minimum atomic E-state index is 0.0729. The van der Waals surface area contributed by atoms with Crippen LogP contribution in [0.5, 0.6) is 0 Å². The summed E-state index contributed by atoms with van der Waals surface area (Å²) in [5, 5.41) is 3.09. The predicted octanol–water partition coefficient (Wildman–Crippen LogP) is 2.84. The largest absolute Gasteiger partial charge is 0.387 e. The molecule has 0 unspecified atom stereocenters. The molecule has 0 saturated heterocycles. The van der Waals surface area contributed by atoms with Crippen molar-refractivity contribution >= 4 is 11.6 Å². The molecule has 19 heavy (non-hydrogen) atoms. The lowest BCUT2D eigenvalue weighted by atomic mass is 9.94. The maximum absolute atomic E-state index is 12.6. The fourth-order valence-corrected chi connectivity index (χ4v) is 2.76. The third kappa shape index (κ3) is 3.06. The molecular formula is C15H23N3O. The molecule has 0 radical (unpaired) electrons. The van der Waals surface area contributed by atoms with Crippen LogP contribution >= 0.6 is 0 Å². The van der Waals surface area contributed by atoms with Crippen LogP contribution < -0.4 is 5.32 Å². The van der Waals surface area contributed by atoms with Crippen molar-refractivity contribution < 1.29 is 4.79 Å². The zero-order valence-electron chi connectivity index (χ0n) is 12.1. The van der Waals surface area contributed by atoms with Gasteiger partial charge >= 0.3 is 0 Å². The maximum atomic E-state index is 12.6. The molecule has 104 valence electrons. The van der Waals surface area contributed by atoms with E-state index >= 15 is 0 Å². The van der Waals surface area contributed by atoms with Gasteiger partial charge in [0.15, 0.2) is 0 Å². The Morgan fingerprint density at radius 2 is 2.05 bits per heavy atom. The van der Waals surface area contributed by atoms with E-state index in [-0.39, 0.29) is 5.91 Å². The second kappa shape index (κ2) is 6.04. The first-order valence-corrected chi connectivity index (χ1v) is 7.05. The number of anilines is 1. The fourth-order valence-electron chi connectivity index (χ4n) is 2.76. The van der Waals surface area contributed by atoms with Gasteiger partial charge in [-0.2, -0.15) is 0 Å². The summed E-state index contributed by atoms with van der Waals surface area (Å²) >= 11 is 0. The number of amides is 1. The molecule has 1 aromatic heterocycles. The molecule has 1 aromatic rings. The van der Waals surface area contributed by atoms with E-state index in [4.69, 9.17) is 0 Å². The van der Waals surface area contributed by atoms with Gasteiger partial charge in [-0.05, 0) is 25.8 Å². The van der Waals surface area contributed by atoms with Crippen LogP contribution in [-0.4, -0.2) is 35.9 Å². The Hall–Kier alpha value is -1.58. The first kappa shape index (κ1) is 13.8. The molecular weight excluding hydrogens is 238 g/mol. The molecule has 0 spiro atoms. The zero-order valence-corrected chi connectivity index (χ0v) is 12.1. The maximum Gasteiger partial charge on any atom is 0.257 e. The number of rotatable bonds is 3. The van der Waals surface area contributed by atoms with E-state index < -0.39 is 0 Å². The highest BCUT2D eigenvalue weighted by Gasteiger charge is 2.24. The van der Waals surface area contributed by atoms with Crippen molar-refractivity contribution in [3.05, 3.63) is 23.5 Å². The van der Waals surface area contributed by atoms with Gasteiger partial charge < -0.3 is 10.2 Å². The topological polar surface area (TPSA) is 45.2 Å². The number of hydrogen-bond donors (Lipinski definition) is 1. The average Bonchev–Trinajstić information content (AvgIpc) is 2.46. The van der Waals surface area contributed by atoms with Crippen LogP contribution in [0.2, 0.25) is 0 Å². The molecule has 0 bridgehead atoms. The van der Waals surface area contributed by atoms with Gasteiger partial charge in [0, 0.05) is 32.0 Å². The lowest BCUT2D eigenvalue weighted by Crippen LogP contribution is -2.38. The van der Waals surface area contributed by atoms with Crippen LogP contribution in [0.3, 0.4) is 0 Å². The number of aromatic nitrogens is 1. The van der Waals surface area contributed by atoms with E-state index in [0.717, 1.165) is 24.2 Å². The van der Waals surface area contributed by atoms with Crippen LogP contribution in [0, 0.1) is 6.92 Å². The molecule has 0 aliphatic heterocycles. The van der Waals surface area contributed by atoms with Crippen molar-refractivity contribution in [2.45, 2.75) is 45.1 Å². The number of hydrogen-bond acceptors (Lipinski definition) is 3. The highest BCUT2D eigenvalue weighted by Crippen LogP contribution is 2.24. The molecule has 0 aromatic carbocycles. The van der Waals surface area contributed by atoms with E-state index in [1.54, 1.807) is 6.20 Å². The molecule has 4 heteroatoms. The Kier molecular flexibility index (Phi) is 4.40. The minimum Gasteiger partial charge on any atom is -0.387 e. The van der Waals surface area contributed by atoms with Gasteiger partial charge in [-0.25, -0.2) is 0 Å². The summed E-state index contributed by atoms with van der Waals surface area (Å²) in [6, 6.07) is 2.30. The fraction of sp³-hybridized carbons (Fsp3) is 0.600. The summed E-state index contributed by atoms with van der Waals surface area (Å²) < 4.78 is 0. The van der Waals surface area contributed by atoms with E-state index in [1.165, 1.54) is 19.3 Å². The lowest BCUT2D eigenvalue weighted by Gasteiger charge is -2.31. The standard InChI is InChI=1S/C15H23N3O/c1-11-9-14(16-2)13(10-17-11)15(19)18(3)12-7-5-4-6-8-12/h9-10,12H,4-8H2,1-3H3,(H,16,17). The van der Waals surface area contributed by atoms with Crippen LogP contribution in [-0.2, 0) is 0 Å². The van der Waals surface area contributed by atoms with E-state index in [1.807, 2.05) is 32.0 Å². The van der Waals surface area contributed by atoms with Crippen LogP contribution in [0.15, 0.2) is 12.3 Å². The SMILES string of the molecule is CNc1cc(C)ncc1C(=O)N(C)C1CCCCC1. The van der Waals surface area contributed by atoms with Gasteiger partial charge in [-0.1, -0.05) is 19.3 Å². The van der Waals surface area contributed by atoms with Gasteiger partial charge in [0.2, 0.25) is 0 Å². The third-order valence-corrected chi connectivity index (χ3v) is 3.98. The highest BCUT2D eigenvalue weighted by atomic mass is 16.2. The Morgan fingerprint density at radius 3 is 2.68 bits per heavy atom. The number of nitrogens with zero attached hydrogens (tertiary/aromatic N) is 2. The Labute approximate surface area is 115 Å². The molecule has 1 N–H and O–H groups in total. The quantitative estimate of drug-likeness (QED) is 0.910. The molecule has 1 aliphatic carbocycles. The predicted molar refractivity (Wildman–Crippen MR) is 77.5 cm³/mol. The molecule has 1 saturated carbocycles. The molecule has 0 atom stereocenters. The minimum absolute atomic E-state index is 0.0729. The zero-order chi connectivity index (χ0) is 13.8. The monoisotopic (exact) mass is 261 g/mol. The van der Waals surface area contributed by atoms with Gasteiger partial charge in [0.1, 0.15) is 0 Å². The first-order valence-electron chi connectivity index (χ1n) is 7.05. The normalized spacial score (nSPS) is 16.2. The highest BCUT2D eigenvalue weighted by molar-refractivity contribution is 5.99. The second-order valence-electron chi connectivity index (χ2n) is 5.33. The van der Waals surface area contributed by atoms with Crippen LogP contribution in [0.4, 0.5) is 5.69 Å².